The number of para-hydroxylation sites is 1. The number of carboxylic acids is 2. The number of H-pyrrole nitrogens is 1. The highest BCUT2D eigenvalue weighted by Gasteiger charge is 2.29. The summed E-state index contributed by atoms with van der Waals surface area (Å²) in [5, 5.41) is 23.8. The van der Waals surface area contributed by atoms with Gasteiger partial charge in [0.05, 0.1) is 12.5 Å². The molecule has 0 aliphatic heterocycles. The molecule has 150 valence electrons. The lowest BCUT2D eigenvalue weighted by Crippen LogP contribution is -2.55. The summed E-state index contributed by atoms with van der Waals surface area (Å²) in [6, 6.07) is 3.58. The van der Waals surface area contributed by atoms with Crippen LogP contribution in [0, 0.1) is 0 Å². The van der Waals surface area contributed by atoms with Gasteiger partial charge in [-0.05, 0) is 18.6 Å². The minimum atomic E-state index is -1.44. The fourth-order valence-electron chi connectivity index (χ4n) is 2.68. The summed E-state index contributed by atoms with van der Waals surface area (Å²) in [6.07, 6.45) is 0.926. The molecule has 0 spiro atoms. The maximum atomic E-state index is 12.4. The molecule has 0 radical (unpaired) electrons. The molecular formula is C18H22N4O6. The van der Waals surface area contributed by atoms with Crippen LogP contribution in [-0.4, -0.2) is 57.1 Å². The monoisotopic (exact) mass is 390 g/mol. The van der Waals surface area contributed by atoms with Gasteiger partial charge >= 0.3 is 11.9 Å². The standard InChI is InChI=1S/C18H22N4O6/c1-9(19)16(25)21-13(7-15(23)24)17(26)22-14(18(27)28)6-10-8-20-12-5-3-2-4-11(10)12/h2-5,8-9,13-14,20H,6-7,19H2,1H3,(H,21,25)(H,22,26)(H,23,24)(H,27,28). The Kier molecular flexibility index (Phi) is 6.72. The Morgan fingerprint density at radius 1 is 1.07 bits per heavy atom. The van der Waals surface area contributed by atoms with Crippen molar-refractivity contribution >= 4 is 34.7 Å². The third kappa shape index (κ3) is 5.30. The van der Waals surface area contributed by atoms with Crippen LogP contribution in [-0.2, 0) is 25.6 Å². The van der Waals surface area contributed by atoms with E-state index in [2.05, 4.69) is 15.6 Å². The van der Waals surface area contributed by atoms with Crippen molar-refractivity contribution in [2.24, 2.45) is 5.73 Å². The van der Waals surface area contributed by atoms with Crippen LogP contribution in [0.25, 0.3) is 10.9 Å². The maximum Gasteiger partial charge on any atom is 0.326 e. The Hall–Kier alpha value is -3.40. The summed E-state index contributed by atoms with van der Waals surface area (Å²) in [5.74, 6) is -4.24. The third-order valence-corrected chi connectivity index (χ3v) is 4.14. The zero-order chi connectivity index (χ0) is 20.8. The third-order valence-electron chi connectivity index (χ3n) is 4.14. The second-order valence-electron chi connectivity index (χ2n) is 6.41. The fraction of sp³-hybridized carbons (Fsp3) is 0.333. The molecule has 10 nitrogen and oxygen atoms in total. The molecule has 0 aliphatic rings. The van der Waals surface area contributed by atoms with Crippen molar-refractivity contribution < 1.29 is 29.4 Å². The molecule has 3 unspecified atom stereocenters. The average Bonchev–Trinajstić information content (AvgIpc) is 3.03. The van der Waals surface area contributed by atoms with E-state index < -0.39 is 48.3 Å². The van der Waals surface area contributed by atoms with Crippen LogP contribution in [0.3, 0.4) is 0 Å². The molecule has 1 heterocycles. The highest BCUT2D eigenvalue weighted by atomic mass is 16.4. The number of nitrogens with one attached hydrogen (secondary N) is 3. The Bertz CT molecular complexity index is 891. The molecule has 2 amide bonds. The number of benzene rings is 1. The number of hydrogen-bond donors (Lipinski definition) is 6. The lowest BCUT2D eigenvalue weighted by atomic mass is 10.0. The normalized spacial score (nSPS) is 14.1. The van der Waals surface area contributed by atoms with E-state index in [-0.39, 0.29) is 6.42 Å². The predicted octanol–water partition coefficient (Wildman–Crippen LogP) is -0.413. The summed E-state index contributed by atoms with van der Waals surface area (Å²) in [7, 11) is 0. The molecule has 1 aromatic heterocycles. The first-order valence-electron chi connectivity index (χ1n) is 8.55. The molecule has 0 saturated carbocycles. The first-order chi connectivity index (χ1) is 13.2. The van der Waals surface area contributed by atoms with Crippen LogP contribution in [0.4, 0.5) is 0 Å². The SMILES string of the molecule is CC(N)C(=O)NC(CC(=O)O)C(=O)NC(Cc1c[nH]c2ccccc12)C(=O)O. The Morgan fingerprint density at radius 2 is 1.71 bits per heavy atom. The first-order valence-corrected chi connectivity index (χ1v) is 8.55. The van der Waals surface area contributed by atoms with Crippen LogP contribution in [0.5, 0.6) is 0 Å². The molecule has 1 aromatic carbocycles. The van der Waals surface area contributed by atoms with E-state index in [9.17, 15) is 24.3 Å². The smallest absolute Gasteiger partial charge is 0.326 e. The molecule has 0 saturated heterocycles. The van der Waals surface area contributed by atoms with Crippen LogP contribution >= 0.6 is 0 Å². The van der Waals surface area contributed by atoms with Crippen molar-refractivity contribution in [3.8, 4) is 0 Å². The first kappa shape index (κ1) is 20.9. The van der Waals surface area contributed by atoms with Crippen molar-refractivity contribution in [1.29, 1.82) is 0 Å². The van der Waals surface area contributed by atoms with Gasteiger partial charge in [-0.25, -0.2) is 4.79 Å². The largest absolute Gasteiger partial charge is 0.481 e. The highest BCUT2D eigenvalue weighted by Crippen LogP contribution is 2.19. The summed E-state index contributed by atoms with van der Waals surface area (Å²) in [6.45, 7) is 1.38. The summed E-state index contributed by atoms with van der Waals surface area (Å²) in [5.41, 5.74) is 6.92. The number of aromatic amines is 1. The second-order valence-corrected chi connectivity index (χ2v) is 6.41. The number of rotatable bonds is 9. The number of aromatic nitrogens is 1. The van der Waals surface area contributed by atoms with Crippen LogP contribution in [0.1, 0.15) is 18.9 Å². The van der Waals surface area contributed by atoms with E-state index >= 15 is 0 Å². The number of hydrogen-bond acceptors (Lipinski definition) is 5. The molecule has 0 aliphatic carbocycles. The number of carbonyl (C=O) groups is 4. The molecule has 10 heteroatoms. The van der Waals surface area contributed by atoms with Gasteiger partial charge in [0.1, 0.15) is 12.1 Å². The van der Waals surface area contributed by atoms with Gasteiger partial charge in [0.2, 0.25) is 11.8 Å². The molecule has 2 aromatic rings. The van der Waals surface area contributed by atoms with Crippen LogP contribution in [0.15, 0.2) is 30.5 Å². The van der Waals surface area contributed by atoms with Gasteiger partial charge in [0.25, 0.3) is 0 Å². The van der Waals surface area contributed by atoms with E-state index in [1.807, 2.05) is 18.2 Å². The van der Waals surface area contributed by atoms with Crippen molar-refractivity contribution in [1.82, 2.24) is 15.6 Å². The maximum absolute atomic E-state index is 12.4. The highest BCUT2D eigenvalue weighted by molar-refractivity contribution is 5.94. The van der Waals surface area contributed by atoms with Gasteiger partial charge in [-0.3, -0.25) is 14.4 Å². The van der Waals surface area contributed by atoms with Gasteiger partial charge in [-0.15, -0.1) is 0 Å². The molecule has 7 N–H and O–H groups in total. The molecule has 0 bridgehead atoms. The molecule has 28 heavy (non-hydrogen) atoms. The van der Waals surface area contributed by atoms with Gasteiger partial charge < -0.3 is 31.6 Å². The number of amides is 2. The molecule has 0 fully saturated rings. The quantitative estimate of drug-likeness (QED) is 0.337. The minimum absolute atomic E-state index is 0.0217. The Balaban J connectivity index is 2.16. The number of carbonyl (C=O) groups excluding carboxylic acids is 2. The van der Waals surface area contributed by atoms with E-state index in [4.69, 9.17) is 10.8 Å². The molecular weight excluding hydrogens is 368 g/mol. The number of carboxylic acid groups (broad SMARTS) is 2. The van der Waals surface area contributed by atoms with Gasteiger partial charge in [-0.2, -0.15) is 0 Å². The van der Waals surface area contributed by atoms with E-state index in [0.717, 1.165) is 10.9 Å². The van der Waals surface area contributed by atoms with Crippen LogP contribution in [0.2, 0.25) is 0 Å². The van der Waals surface area contributed by atoms with E-state index in [0.29, 0.717) is 5.56 Å². The fourth-order valence-corrected chi connectivity index (χ4v) is 2.68. The van der Waals surface area contributed by atoms with Crippen molar-refractivity contribution in [3.63, 3.8) is 0 Å². The van der Waals surface area contributed by atoms with E-state index in [1.165, 1.54) is 6.92 Å². The Morgan fingerprint density at radius 3 is 2.32 bits per heavy atom. The van der Waals surface area contributed by atoms with Gasteiger partial charge in [0, 0.05) is 23.5 Å². The number of aliphatic carboxylic acids is 2. The number of nitrogens with two attached hydrogens (primary N) is 1. The topological polar surface area (TPSA) is 175 Å². The lowest BCUT2D eigenvalue weighted by molar-refractivity contribution is -0.143. The van der Waals surface area contributed by atoms with Crippen molar-refractivity contribution in [3.05, 3.63) is 36.0 Å². The minimum Gasteiger partial charge on any atom is -0.481 e. The summed E-state index contributed by atoms with van der Waals surface area (Å²) in [4.78, 5) is 49.8. The van der Waals surface area contributed by atoms with Crippen LogP contribution < -0.4 is 16.4 Å². The molecule has 2 rings (SSSR count). The number of fused-ring (bicyclic) bond motifs is 1. The van der Waals surface area contributed by atoms with Crippen molar-refractivity contribution in [2.75, 3.05) is 0 Å². The van der Waals surface area contributed by atoms with Gasteiger partial charge in [-0.1, -0.05) is 18.2 Å². The van der Waals surface area contributed by atoms with Crippen molar-refractivity contribution in [2.45, 2.75) is 37.9 Å². The van der Waals surface area contributed by atoms with Gasteiger partial charge in [0.15, 0.2) is 0 Å². The average molecular weight is 390 g/mol. The lowest BCUT2D eigenvalue weighted by Gasteiger charge is -2.21. The van der Waals surface area contributed by atoms with E-state index in [1.54, 1.807) is 12.3 Å². The summed E-state index contributed by atoms with van der Waals surface area (Å²) < 4.78 is 0. The second kappa shape index (κ2) is 9.00. The predicted molar refractivity (Wildman–Crippen MR) is 99.4 cm³/mol. The Labute approximate surface area is 160 Å². The molecule has 3 atom stereocenters. The summed E-state index contributed by atoms with van der Waals surface area (Å²) >= 11 is 0. The zero-order valence-electron chi connectivity index (χ0n) is 15.1. The zero-order valence-corrected chi connectivity index (χ0v) is 15.1.